The minimum absolute atomic E-state index is 0.296. The fourth-order valence-corrected chi connectivity index (χ4v) is 4.28. The van der Waals surface area contributed by atoms with Crippen molar-refractivity contribution in [3.05, 3.63) is 39.6 Å². The maximum atomic E-state index is 14.1. The van der Waals surface area contributed by atoms with Crippen LogP contribution in [-0.2, 0) is 6.42 Å². The third-order valence-corrected chi connectivity index (χ3v) is 5.24. The Labute approximate surface area is 133 Å². The molecule has 0 radical (unpaired) electrons. The molecular weight excluding hydrogens is 307 g/mol. The standard InChI is InChI=1S/C16H18ClFN2S/c1-2-9-19-12-7-4-8-13-15(12)20-16(21-13)14-10(17)5-3-6-11(14)18/h3,5-6,12,19H,2,4,7-9H2,1H3. The highest BCUT2D eigenvalue weighted by Gasteiger charge is 2.26. The van der Waals surface area contributed by atoms with E-state index >= 15 is 0 Å². The maximum absolute atomic E-state index is 14.1. The monoisotopic (exact) mass is 324 g/mol. The van der Waals surface area contributed by atoms with Crippen LogP contribution in [0.15, 0.2) is 18.2 Å². The van der Waals surface area contributed by atoms with Gasteiger partial charge in [-0.3, -0.25) is 0 Å². The summed E-state index contributed by atoms with van der Waals surface area (Å²) in [4.78, 5) is 5.98. The lowest BCUT2D eigenvalue weighted by Crippen LogP contribution is -2.25. The molecule has 1 aliphatic carbocycles. The second-order valence-corrected chi connectivity index (χ2v) is 6.81. The van der Waals surface area contributed by atoms with Gasteiger partial charge >= 0.3 is 0 Å². The Bertz CT molecular complexity index is 621. The molecule has 0 saturated heterocycles. The zero-order chi connectivity index (χ0) is 14.8. The summed E-state index contributed by atoms with van der Waals surface area (Å²) in [5, 5.41) is 4.67. The Morgan fingerprint density at radius 2 is 2.33 bits per heavy atom. The second-order valence-electron chi connectivity index (χ2n) is 5.32. The molecule has 1 aromatic carbocycles. The van der Waals surface area contributed by atoms with Gasteiger partial charge in [0.15, 0.2) is 0 Å². The van der Waals surface area contributed by atoms with Gasteiger partial charge < -0.3 is 5.32 Å². The predicted molar refractivity (Wildman–Crippen MR) is 86.5 cm³/mol. The summed E-state index contributed by atoms with van der Waals surface area (Å²) in [6, 6.07) is 5.08. The van der Waals surface area contributed by atoms with Gasteiger partial charge in [0, 0.05) is 4.88 Å². The van der Waals surface area contributed by atoms with Gasteiger partial charge in [0.05, 0.1) is 22.3 Å². The van der Waals surface area contributed by atoms with Gasteiger partial charge in [0.1, 0.15) is 10.8 Å². The van der Waals surface area contributed by atoms with Crippen LogP contribution < -0.4 is 5.32 Å². The van der Waals surface area contributed by atoms with Crippen molar-refractivity contribution in [1.29, 1.82) is 0 Å². The molecule has 2 nitrogen and oxygen atoms in total. The first-order valence-corrected chi connectivity index (χ1v) is 8.57. The first-order chi connectivity index (χ1) is 10.2. The van der Waals surface area contributed by atoms with Crippen LogP contribution in [0.4, 0.5) is 4.39 Å². The Hall–Kier alpha value is -0.970. The SMILES string of the molecule is CCCNC1CCCc2sc(-c3c(F)cccc3Cl)nc21. The van der Waals surface area contributed by atoms with E-state index in [1.54, 1.807) is 23.5 Å². The Kier molecular flexibility index (Phi) is 4.57. The Morgan fingerprint density at radius 3 is 3.10 bits per heavy atom. The number of aromatic nitrogens is 1. The van der Waals surface area contributed by atoms with Crippen molar-refractivity contribution in [2.45, 2.75) is 38.6 Å². The van der Waals surface area contributed by atoms with Crippen LogP contribution in [0.5, 0.6) is 0 Å². The lowest BCUT2D eigenvalue weighted by molar-refractivity contribution is 0.454. The number of aryl methyl sites for hydroxylation is 1. The molecule has 112 valence electrons. The van der Waals surface area contributed by atoms with Crippen LogP contribution in [0, 0.1) is 5.82 Å². The van der Waals surface area contributed by atoms with Crippen molar-refractivity contribution >= 4 is 22.9 Å². The van der Waals surface area contributed by atoms with Gasteiger partial charge in [0.25, 0.3) is 0 Å². The third kappa shape index (κ3) is 2.98. The van der Waals surface area contributed by atoms with Crippen LogP contribution in [0.1, 0.15) is 42.8 Å². The summed E-state index contributed by atoms with van der Waals surface area (Å²) in [5.74, 6) is -0.299. The van der Waals surface area contributed by atoms with Crippen molar-refractivity contribution in [2.75, 3.05) is 6.54 Å². The summed E-state index contributed by atoms with van der Waals surface area (Å²) < 4.78 is 14.1. The molecular formula is C16H18ClFN2S. The number of nitrogens with zero attached hydrogens (tertiary/aromatic N) is 1. The number of nitrogens with one attached hydrogen (secondary N) is 1. The average molecular weight is 325 g/mol. The normalized spacial score (nSPS) is 17.8. The summed E-state index contributed by atoms with van der Waals surface area (Å²) in [6.07, 6.45) is 4.38. The molecule has 0 amide bonds. The van der Waals surface area contributed by atoms with Crippen LogP contribution in [0.3, 0.4) is 0 Å². The van der Waals surface area contributed by atoms with Gasteiger partial charge in [-0.25, -0.2) is 9.37 Å². The number of fused-ring (bicyclic) bond motifs is 1. The second kappa shape index (κ2) is 6.42. The molecule has 0 saturated carbocycles. The lowest BCUT2D eigenvalue weighted by Gasteiger charge is -2.22. The minimum Gasteiger partial charge on any atom is -0.309 e. The van der Waals surface area contributed by atoms with Crippen molar-refractivity contribution in [1.82, 2.24) is 10.3 Å². The Balaban J connectivity index is 1.98. The van der Waals surface area contributed by atoms with E-state index in [1.165, 1.54) is 10.9 Å². The van der Waals surface area contributed by atoms with E-state index in [-0.39, 0.29) is 5.82 Å². The molecule has 1 heterocycles. The van der Waals surface area contributed by atoms with Crippen molar-refractivity contribution in [3.63, 3.8) is 0 Å². The van der Waals surface area contributed by atoms with Gasteiger partial charge in [0.2, 0.25) is 0 Å². The highest BCUT2D eigenvalue weighted by Crippen LogP contribution is 2.40. The molecule has 0 bridgehead atoms. The highest BCUT2D eigenvalue weighted by atomic mass is 35.5. The number of thiazole rings is 1. The molecule has 1 unspecified atom stereocenters. The summed E-state index contributed by atoms with van der Waals surface area (Å²) in [7, 11) is 0. The van der Waals surface area contributed by atoms with E-state index in [4.69, 9.17) is 16.6 Å². The average Bonchev–Trinajstić information content (AvgIpc) is 2.89. The third-order valence-electron chi connectivity index (χ3n) is 3.77. The van der Waals surface area contributed by atoms with Crippen LogP contribution >= 0.6 is 22.9 Å². The molecule has 0 spiro atoms. The Morgan fingerprint density at radius 1 is 1.48 bits per heavy atom. The number of halogens is 2. The number of benzene rings is 1. The number of hydrogen-bond donors (Lipinski definition) is 1. The fourth-order valence-electron chi connectivity index (χ4n) is 2.74. The van der Waals surface area contributed by atoms with Crippen molar-refractivity contribution < 1.29 is 4.39 Å². The lowest BCUT2D eigenvalue weighted by atomic mass is 9.97. The van der Waals surface area contributed by atoms with Crippen molar-refractivity contribution in [3.8, 4) is 10.6 Å². The summed E-state index contributed by atoms with van der Waals surface area (Å²) >= 11 is 7.74. The molecule has 1 aromatic heterocycles. The van der Waals surface area contributed by atoms with Crippen LogP contribution in [0.2, 0.25) is 5.02 Å². The van der Waals surface area contributed by atoms with Crippen LogP contribution in [-0.4, -0.2) is 11.5 Å². The number of hydrogen-bond acceptors (Lipinski definition) is 3. The van der Waals surface area contributed by atoms with E-state index in [2.05, 4.69) is 12.2 Å². The molecule has 1 N–H and O–H groups in total. The first kappa shape index (κ1) is 14.9. The van der Waals surface area contributed by atoms with E-state index < -0.39 is 0 Å². The van der Waals surface area contributed by atoms with Gasteiger partial charge in [-0.2, -0.15) is 0 Å². The smallest absolute Gasteiger partial charge is 0.134 e. The molecule has 3 rings (SSSR count). The summed E-state index contributed by atoms with van der Waals surface area (Å²) in [6.45, 7) is 3.14. The molecule has 0 aliphatic heterocycles. The largest absolute Gasteiger partial charge is 0.309 e. The highest BCUT2D eigenvalue weighted by molar-refractivity contribution is 7.15. The molecule has 5 heteroatoms. The molecule has 0 fully saturated rings. The fraction of sp³-hybridized carbons (Fsp3) is 0.438. The predicted octanol–water partition coefficient (Wildman–Crippen LogP) is 4.98. The van der Waals surface area contributed by atoms with E-state index in [0.717, 1.165) is 37.9 Å². The molecule has 1 atom stereocenters. The first-order valence-electron chi connectivity index (χ1n) is 7.38. The zero-order valence-electron chi connectivity index (χ0n) is 12.0. The molecule has 2 aromatic rings. The molecule has 21 heavy (non-hydrogen) atoms. The minimum atomic E-state index is -0.299. The summed E-state index contributed by atoms with van der Waals surface area (Å²) in [5.41, 5.74) is 1.53. The quantitative estimate of drug-likeness (QED) is 0.858. The zero-order valence-corrected chi connectivity index (χ0v) is 13.5. The van der Waals surface area contributed by atoms with Gasteiger partial charge in [-0.15, -0.1) is 11.3 Å². The van der Waals surface area contributed by atoms with Gasteiger partial charge in [-0.1, -0.05) is 24.6 Å². The van der Waals surface area contributed by atoms with Crippen LogP contribution in [0.25, 0.3) is 10.6 Å². The van der Waals surface area contributed by atoms with E-state index in [9.17, 15) is 4.39 Å². The van der Waals surface area contributed by atoms with Gasteiger partial charge in [-0.05, 0) is 44.4 Å². The number of rotatable bonds is 4. The topological polar surface area (TPSA) is 24.9 Å². The van der Waals surface area contributed by atoms with E-state index in [1.807, 2.05) is 0 Å². The maximum Gasteiger partial charge on any atom is 0.134 e. The van der Waals surface area contributed by atoms with Crippen molar-refractivity contribution in [2.24, 2.45) is 0 Å². The molecule has 1 aliphatic rings. The van der Waals surface area contributed by atoms with E-state index in [0.29, 0.717) is 21.6 Å².